The lowest BCUT2D eigenvalue weighted by Gasteiger charge is -2.13. The van der Waals surface area contributed by atoms with Gasteiger partial charge >= 0.3 is 5.97 Å². The highest BCUT2D eigenvalue weighted by molar-refractivity contribution is 5.98. The van der Waals surface area contributed by atoms with Gasteiger partial charge in [0.1, 0.15) is 0 Å². The van der Waals surface area contributed by atoms with Crippen LogP contribution in [0.1, 0.15) is 26.3 Å². The Labute approximate surface area is 158 Å². The summed E-state index contributed by atoms with van der Waals surface area (Å²) in [5, 5.41) is 5.79. The van der Waals surface area contributed by atoms with Gasteiger partial charge in [-0.15, -0.1) is 0 Å². The highest BCUT2D eigenvalue weighted by Crippen LogP contribution is 2.17. The lowest BCUT2D eigenvalue weighted by molar-refractivity contribution is -0.114. The van der Waals surface area contributed by atoms with Gasteiger partial charge in [-0.05, 0) is 48.9 Å². The topological polar surface area (TPSA) is 87.7 Å². The molecular formula is C20H23N3O4. The zero-order valence-electron chi connectivity index (χ0n) is 15.8. The zero-order valence-corrected chi connectivity index (χ0v) is 15.8. The summed E-state index contributed by atoms with van der Waals surface area (Å²) in [6.07, 6.45) is 0. The molecule has 0 bridgehead atoms. The van der Waals surface area contributed by atoms with E-state index < -0.39 is 5.97 Å². The first-order valence-electron chi connectivity index (χ1n) is 8.36. The standard InChI is InChI=1S/C20H23N3O4/c1-13-10-15(20(26)27-4)8-9-17(13)21-12-18(24)22-16-7-5-6-14(11-16)19(25)23(2)3/h5-11,21H,12H2,1-4H3,(H,22,24). The first-order chi connectivity index (χ1) is 12.8. The van der Waals surface area contributed by atoms with Crippen LogP contribution in [0.25, 0.3) is 0 Å². The highest BCUT2D eigenvalue weighted by Gasteiger charge is 2.11. The van der Waals surface area contributed by atoms with Gasteiger partial charge in [-0.25, -0.2) is 4.79 Å². The minimum absolute atomic E-state index is 0.0459. The Hall–Kier alpha value is -3.35. The Morgan fingerprint density at radius 2 is 1.78 bits per heavy atom. The molecular weight excluding hydrogens is 346 g/mol. The van der Waals surface area contributed by atoms with Crippen LogP contribution in [0, 0.1) is 6.92 Å². The number of anilines is 2. The summed E-state index contributed by atoms with van der Waals surface area (Å²) in [6, 6.07) is 11.8. The van der Waals surface area contributed by atoms with Crippen LogP contribution in [-0.4, -0.2) is 50.4 Å². The van der Waals surface area contributed by atoms with Crippen molar-refractivity contribution in [3.63, 3.8) is 0 Å². The molecule has 0 fully saturated rings. The monoisotopic (exact) mass is 369 g/mol. The maximum absolute atomic E-state index is 12.2. The summed E-state index contributed by atoms with van der Waals surface area (Å²) < 4.78 is 4.69. The van der Waals surface area contributed by atoms with Gasteiger partial charge in [-0.1, -0.05) is 6.07 Å². The van der Waals surface area contributed by atoms with E-state index in [1.807, 2.05) is 6.92 Å². The normalized spacial score (nSPS) is 10.1. The number of carbonyl (C=O) groups excluding carboxylic acids is 3. The van der Waals surface area contributed by atoms with E-state index in [1.54, 1.807) is 56.6 Å². The number of carbonyl (C=O) groups is 3. The molecule has 0 saturated heterocycles. The van der Waals surface area contributed by atoms with Crippen molar-refractivity contribution in [2.45, 2.75) is 6.92 Å². The minimum Gasteiger partial charge on any atom is -0.465 e. The van der Waals surface area contributed by atoms with E-state index in [2.05, 4.69) is 15.4 Å². The molecule has 2 N–H and O–H groups in total. The van der Waals surface area contributed by atoms with Gasteiger partial charge in [0.2, 0.25) is 5.91 Å². The van der Waals surface area contributed by atoms with Crippen molar-refractivity contribution < 1.29 is 19.1 Å². The summed E-state index contributed by atoms with van der Waals surface area (Å²) in [6.45, 7) is 1.88. The van der Waals surface area contributed by atoms with E-state index in [4.69, 9.17) is 0 Å². The second-order valence-electron chi connectivity index (χ2n) is 6.20. The smallest absolute Gasteiger partial charge is 0.337 e. The Bertz CT molecular complexity index is 862. The van der Waals surface area contributed by atoms with Crippen molar-refractivity contribution in [3.05, 3.63) is 59.2 Å². The quantitative estimate of drug-likeness (QED) is 0.764. The number of aryl methyl sites for hydroxylation is 1. The summed E-state index contributed by atoms with van der Waals surface area (Å²) in [5.41, 5.74) is 3.07. The number of benzene rings is 2. The fraction of sp³-hybridized carbons (Fsp3) is 0.250. The van der Waals surface area contributed by atoms with Crippen molar-refractivity contribution in [2.75, 3.05) is 38.4 Å². The minimum atomic E-state index is -0.408. The van der Waals surface area contributed by atoms with E-state index in [9.17, 15) is 14.4 Å². The summed E-state index contributed by atoms with van der Waals surface area (Å²) in [5.74, 6) is -0.791. The molecule has 0 aliphatic rings. The van der Waals surface area contributed by atoms with E-state index >= 15 is 0 Å². The maximum atomic E-state index is 12.2. The molecule has 2 aromatic carbocycles. The summed E-state index contributed by atoms with van der Waals surface area (Å²) in [7, 11) is 4.67. The van der Waals surface area contributed by atoms with Crippen LogP contribution in [0.15, 0.2) is 42.5 Å². The number of esters is 1. The number of rotatable bonds is 6. The first kappa shape index (κ1) is 20.0. The van der Waals surface area contributed by atoms with E-state index in [1.165, 1.54) is 12.0 Å². The largest absolute Gasteiger partial charge is 0.465 e. The average molecular weight is 369 g/mol. The predicted molar refractivity (Wildman–Crippen MR) is 104 cm³/mol. The molecule has 0 spiro atoms. The van der Waals surface area contributed by atoms with Crippen LogP contribution in [0.4, 0.5) is 11.4 Å². The third-order valence-electron chi connectivity index (χ3n) is 3.89. The van der Waals surface area contributed by atoms with Crippen LogP contribution >= 0.6 is 0 Å². The number of amides is 2. The van der Waals surface area contributed by atoms with Crippen LogP contribution in [0.5, 0.6) is 0 Å². The molecule has 0 aliphatic carbocycles. The van der Waals surface area contributed by atoms with E-state index in [-0.39, 0.29) is 18.4 Å². The molecule has 0 aromatic heterocycles. The molecule has 2 rings (SSSR count). The van der Waals surface area contributed by atoms with Gasteiger partial charge in [0, 0.05) is 31.0 Å². The number of hydrogen-bond acceptors (Lipinski definition) is 5. The molecule has 2 aromatic rings. The number of ether oxygens (including phenoxy) is 1. The molecule has 2 amide bonds. The second kappa shape index (κ2) is 8.84. The number of nitrogens with zero attached hydrogens (tertiary/aromatic N) is 1. The third kappa shape index (κ3) is 5.31. The molecule has 0 aliphatic heterocycles. The van der Waals surface area contributed by atoms with Crippen LogP contribution in [0.3, 0.4) is 0 Å². The SMILES string of the molecule is COC(=O)c1ccc(NCC(=O)Nc2cccc(C(=O)N(C)C)c2)c(C)c1. The zero-order chi connectivity index (χ0) is 20.0. The van der Waals surface area contributed by atoms with Gasteiger partial charge in [0.05, 0.1) is 19.2 Å². The van der Waals surface area contributed by atoms with E-state index in [0.717, 1.165) is 11.3 Å². The van der Waals surface area contributed by atoms with Crippen molar-refractivity contribution in [3.8, 4) is 0 Å². The Morgan fingerprint density at radius 1 is 1.04 bits per heavy atom. The third-order valence-corrected chi connectivity index (χ3v) is 3.89. The average Bonchev–Trinajstić information content (AvgIpc) is 2.65. The van der Waals surface area contributed by atoms with Gasteiger partial charge in [0.25, 0.3) is 5.91 Å². The lowest BCUT2D eigenvalue weighted by atomic mass is 10.1. The van der Waals surface area contributed by atoms with Crippen LogP contribution in [-0.2, 0) is 9.53 Å². The molecule has 0 heterocycles. The Morgan fingerprint density at radius 3 is 2.41 bits per heavy atom. The Balaban J connectivity index is 1.98. The summed E-state index contributed by atoms with van der Waals surface area (Å²) >= 11 is 0. The maximum Gasteiger partial charge on any atom is 0.337 e. The fourth-order valence-electron chi connectivity index (χ4n) is 2.48. The van der Waals surface area contributed by atoms with E-state index in [0.29, 0.717) is 16.8 Å². The molecule has 0 atom stereocenters. The van der Waals surface area contributed by atoms with Crippen molar-refractivity contribution in [1.82, 2.24) is 4.90 Å². The molecule has 0 saturated carbocycles. The van der Waals surface area contributed by atoms with Crippen LogP contribution in [0.2, 0.25) is 0 Å². The summed E-state index contributed by atoms with van der Waals surface area (Å²) in [4.78, 5) is 37.2. The Kier molecular flexibility index (Phi) is 6.54. The lowest BCUT2D eigenvalue weighted by Crippen LogP contribution is -2.23. The van der Waals surface area contributed by atoms with Crippen molar-refractivity contribution in [1.29, 1.82) is 0 Å². The first-order valence-corrected chi connectivity index (χ1v) is 8.36. The molecule has 7 heteroatoms. The van der Waals surface area contributed by atoms with Crippen molar-refractivity contribution in [2.24, 2.45) is 0 Å². The van der Waals surface area contributed by atoms with Crippen molar-refractivity contribution >= 4 is 29.2 Å². The predicted octanol–water partition coefficient (Wildman–Crippen LogP) is 2.53. The second-order valence-corrected chi connectivity index (χ2v) is 6.20. The number of hydrogen-bond donors (Lipinski definition) is 2. The van der Waals surface area contributed by atoms with Gasteiger partial charge in [-0.2, -0.15) is 0 Å². The fourth-order valence-corrected chi connectivity index (χ4v) is 2.48. The van der Waals surface area contributed by atoms with Gasteiger partial charge in [-0.3, -0.25) is 9.59 Å². The van der Waals surface area contributed by atoms with Crippen LogP contribution < -0.4 is 10.6 Å². The molecule has 0 unspecified atom stereocenters. The molecule has 7 nitrogen and oxygen atoms in total. The highest BCUT2D eigenvalue weighted by atomic mass is 16.5. The number of nitrogens with one attached hydrogen (secondary N) is 2. The number of methoxy groups -OCH3 is 1. The van der Waals surface area contributed by atoms with Gasteiger partial charge in [0.15, 0.2) is 0 Å². The molecule has 142 valence electrons. The van der Waals surface area contributed by atoms with Gasteiger partial charge < -0.3 is 20.3 Å². The molecule has 0 radical (unpaired) electrons. The molecule has 27 heavy (non-hydrogen) atoms.